The van der Waals surface area contributed by atoms with Crippen LogP contribution in [0.5, 0.6) is 0 Å². The van der Waals surface area contributed by atoms with Crippen LogP contribution in [0.2, 0.25) is 5.02 Å². The normalized spacial score (nSPS) is 12.7. The van der Waals surface area contributed by atoms with E-state index in [2.05, 4.69) is 16.0 Å². The second-order valence-electron chi connectivity index (χ2n) is 7.06. The molecule has 0 saturated heterocycles. The van der Waals surface area contributed by atoms with E-state index in [1.54, 1.807) is 18.2 Å². The summed E-state index contributed by atoms with van der Waals surface area (Å²) in [4.78, 5) is 37.7. The molecular weight excluding hydrogens is 404 g/mol. The van der Waals surface area contributed by atoms with Gasteiger partial charge in [0, 0.05) is 24.5 Å². The van der Waals surface area contributed by atoms with Crippen LogP contribution in [0.25, 0.3) is 0 Å². The maximum absolute atomic E-state index is 12.5. The van der Waals surface area contributed by atoms with Crippen molar-refractivity contribution in [2.24, 2.45) is 0 Å². The van der Waals surface area contributed by atoms with Crippen LogP contribution in [0.1, 0.15) is 31.2 Å². The fourth-order valence-corrected chi connectivity index (χ4v) is 3.42. The van der Waals surface area contributed by atoms with Gasteiger partial charge in [0.15, 0.2) is 0 Å². The van der Waals surface area contributed by atoms with Gasteiger partial charge in [-0.2, -0.15) is 0 Å². The Morgan fingerprint density at radius 1 is 1.00 bits per heavy atom. The standard InChI is InChI=1S/C22H25ClN4O3/c23-17-9-4-3-8-16(17)14-25-20(28)12-2-1-7-13-24-22(30)27-15-21(29)26-18-10-5-6-11-19(18)27/h3-6,8-11H,1-2,7,12-15H2,(H,24,30)(H,25,28)(H,26,29). The summed E-state index contributed by atoms with van der Waals surface area (Å²) in [5.41, 5.74) is 2.21. The minimum Gasteiger partial charge on any atom is -0.352 e. The van der Waals surface area contributed by atoms with Gasteiger partial charge in [0.2, 0.25) is 11.8 Å². The Balaban J connectivity index is 1.32. The van der Waals surface area contributed by atoms with Crippen molar-refractivity contribution in [2.75, 3.05) is 23.3 Å². The fourth-order valence-electron chi connectivity index (χ4n) is 3.22. The van der Waals surface area contributed by atoms with Crippen LogP contribution >= 0.6 is 11.6 Å². The number of para-hydroxylation sites is 2. The molecule has 3 rings (SSSR count). The first kappa shape index (κ1) is 21.6. The van der Waals surface area contributed by atoms with Gasteiger partial charge in [0.05, 0.1) is 11.4 Å². The smallest absolute Gasteiger partial charge is 0.322 e. The van der Waals surface area contributed by atoms with Crippen molar-refractivity contribution < 1.29 is 14.4 Å². The molecule has 3 N–H and O–H groups in total. The zero-order valence-electron chi connectivity index (χ0n) is 16.6. The third kappa shape index (κ3) is 5.97. The van der Waals surface area contributed by atoms with E-state index >= 15 is 0 Å². The van der Waals surface area contributed by atoms with E-state index in [0.29, 0.717) is 35.9 Å². The molecule has 0 atom stereocenters. The van der Waals surface area contributed by atoms with Crippen LogP contribution in [-0.4, -0.2) is 30.9 Å². The lowest BCUT2D eigenvalue weighted by molar-refractivity contribution is -0.121. The number of nitrogens with one attached hydrogen (secondary N) is 3. The molecule has 158 valence electrons. The molecule has 30 heavy (non-hydrogen) atoms. The Morgan fingerprint density at radius 3 is 2.60 bits per heavy atom. The first-order valence-electron chi connectivity index (χ1n) is 9.99. The number of anilines is 2. The van der Waals surface area contributed by atoms with Crippen LogP contribution in [0.4, 0.5) is 16.2 Å². The van der Waals surface area contributed by atoms with Crippen molar-refractivity contribution in [3.05, 3.63) is 59.1 Å². The third-order valence-corrected chi connectivity index (χ3v) is 5.18. The van der Waals surface area contributed by atoms with Crippen molar-refractivity contribution >= 4 is 40.8 Å². The number of unbranched alkanes of at least 4 members (excludes halogenated alkanes) is 2. The quantitative estimate of drug-likeness (QED) is 0.560. The molecule has 8 heteroatoms. The average molecular weight is 429 g/mol. The second-order valence-corrected chi connectivity index (χ2v) is 7.47. The predicted octanol–water partition coefficient (Wildman–Crippen LogP) is 3.68. The fraction of sp³-hybridized carbons (Fsp3) is 0.318. The first-order valence-corrected chi connectivity index (χ1v) is 10.4. The lowest BCUT2D eigenvalue weighted by Gasteiger charge is -2.29. The third-order valence-electron chi connectivity index (χ3n) is 4.81. The van der Waals surface area contributed by atoms with Crippen LogP contribution < -0.4 is 20.9 Å². The molecule has 7 nitrogen and oxygen atoms in total. The molecule has 0 aliphatic carbocycles. The van der Waals surface area contributed by atoms with Gasteiger partial charge in [-0.25, -0.2) is 4.79 Å². The van der Waals surface area contributed by atoms with E-state index in [1.165, 1.54) is 4.90 Å². The predicted molar refractivity (Wildman–Crippen MR) is 118 cm³/mol. The van der Waals surface area contributed by atoms with Gasteiger partial charge in [0.1, 0.15) is 6.54 Å². The van der Waals surface area contributed by atoms with Gasteiger partial charge in [0.25, 0.3) is 0 Å². The highest BCUT2D eigenvalue weighted by Gasteiger charge is 2.26. The molecule has 4 amide bonds. The number of amides is 4. The van der Waals surface area contributed by atoms with E-state index in [1.807, 2.05) is 30.3 Å². The van der Waals surface area contributed by atoms with Gasteiger partial charge in [-0.15, -0.1) is 0 Å². The van der Waals surface area contributed by atoms with E-state index in [-0.39, 0.29) is 24.4 Å². The van der Waals surface area contributed by atoms with E-state index in [0.717, 1.165) is 24.8 Å². The van der Waals surface area contributed by atoms with Crippen molar-refractivity contribution in [3.63, 3.8) is 0 Å². The summed E-state index contributed by atoms with van der Waals surface area (Å²) >= 11 is 6.08. The molecule has 0 spiro atoms. The summed E-state index contributed by atoms with van der Waals surface area (Å²) in [5, 5.41) is 9.11. The van der Waals surface area contributed by atoms with E-state index in [4.69, 9.17) is 11.6 Å². The topological polar surface area (TPSA) is 90.5 Å². The van der Waals surface area contributed by atoms with E-state index in [9.17, 15) is 14.4 Å². The molecular formula is C22H25ClN4O3. The summed E-state index contributed by atoms with van der Waals surface area (Å²) in [6.45, 7) is 0.897. The Morgan fingerprint density at radius 2 is 1.77 bits per heavy atom. The maximum Gasteiger partial charge on any atom is 0.322 e. The van der Waals surface area contributed by atoms with Crippen LogP contribution in [0, 0.1) is 0 Å². The van der Waals surface area contributed by atoms with Crippen molar-refractivity contribution in [1.29, 1.82) is 0 Å². The van der Waals surface area contributed by atoms with E-state index < -0.39 is 0 Å². The molecule has 1 heterocycles. The largest absolute Gasteiger partial charge is 0.352 e. The summed E-state index contributed by atoms with van der Waals surface area (Å²) < 4.78 is 0. The number of nitrogens with zero attached hydrogens (tertiary/aromatic N) is 1. The summed E-state index contributed by atoms with van der Waals surface area (Å²) in [7, 11) is 0. The second kappa shape index (κ2) is 10.6. The Bertz CT molecular complexity index is 919. The number of carbonyl (C=O) groups excluding carboxylic acids is 3. The number of urea groups is 1. The highest BCUT2D eigenvalue weighted by molar-refractivity contribution is 6.31. The molecule has 2 aromatic carbocycles. The summed E-state index contributed by atoms with van der Waals surface area (Å²) in [5.74, 6) is -0.235. The summed E-state index contributed by atoms with van der Waals surface area (Å²) in [6, 6.07) is 14.3. The number of fused-ring (bicyclic) bond motifs is 1. The molecule has 0 aromatic heterocycles. The molecule has 0 bridgehead atoms. The van der Waals surface area contributed by atoms with Gasteiger partial charge in [-0.1, -0.05) is 48.4 Å². The van der Waals surface area contributed by atoms with Gasteiger partial charge >= 0.3 is 6.03 Å². The lowest BCUT2D eigenvalue weighted by atomic mass is 10.1. The number of benzene rings is 2. The summed E-state index contributed by atoms with van der Waals surface area (Å²) in [6.07, 6.45) is 2.74. The van der Waals surface area contributed by atoms with Crippen LogP contribution in [0.15, 0.2) is 48.5 Å². The van der Waals surface area contributed by atoms with Crippen LogP contribution in [0.3, 0.4) is 0 Å². The molecule has 1 aliphatic heterocycles. The minimum atomic E-state index is -0.296. The number of hydrogen-bond acceptors (Lipinski definition) is 3. The van der Waals surface area contributed by atoms with Crippen LogP contribution in [-0.2, 0) is 16.1 Å². The Hall–Kier alpha value is -3.06. The molecule has 0 unspecified atom stereocenters. The van der Waals surface area contributed by atoms with Gasteiger partial charge in [-0.05, 0) is 36.6 Å². The minimum absolute atomic E-state index is 0.00551. The first-order chi connectivity index (χ1) is 14.5. The van der Waals surface area contributed by atoms with Crippen molar-refractivity contribution in [1.82, 2.24) is 10.6 Å². The maximum atomic E-state index is 12.5. The molecule has 2 aromatic rings. The Labute approximate surface area is 180 Å². The highest BCUT2D eigenvalue weighted by Crippen LogP contribution is 2.28. The SMILES string of the molecule is O=C(CCCCCNC(=O)N1CC(=O)Nc2ccccc21)NCc1ccccc1Cl. The van der Waals surface area contributed by atoms with Gasteiger partial charge in [-0.3, -0.25) is 14.5 Å². The van der Waals surface area contributed by atoms with Crippen molar-refractivity contribution in [2.45, 2.75) is 32.2 Å². The molecule has 0 fully saturated rings. The number of halogens is 1. The van der Waals surface area contributed by atoms with Gasteiger partial charge < -0.3 is 16.0 Å². The highest BCUT2D eigenvalue weighted by atomic mass is 35.5. The zero-order valence-corrected chi connectivity index (χ0v) is 17.4. The monoisotopic (exact) mass is 428 g/mol. The lowest BCUT2D eigenvalue weighted by Crippen LogP contribution is -2.47. The zero-order chi connectivity index (χ0) is 21.3. The number of rotatable bonds is 8. The molecule has 1 aliphatic rings. The average Bonchev–Trinajstić information content (AvgIpc) is 2.74. The number of hydrogen-bond donors (Lipinski definition) is 3. The van der Waals surface area contributed by atoms with Crippen molar-refractivity contribution in [3.8, 4) is 0 Å². The molecule has 0 radical (unpaired) electrons. The Kier molecular flexibility index (Phi) is 7.68. The number of carbonyl (C=O) groups is 3. The molecule has 0 saturated carbocycles.